The number of thioether (sulfide) groups is 1. The molecule has 0 atom stereocenters. The van der Waals surface area contributed by atoms with Crippen LogP contribution < -0.4 is 0 Å². The van der Waals surface area contributed by atoms with Gasteiger partial charge >= 0.3 is 0 Å². The first-order chi connectivity index (χ1) is 9.84. The molecule has 0 saturated heterocycles. The molecule has 1 N–H and O–H groups in total. The Morgan fingerprint density at radius 2 is 1.75 bits per heavy atom. The molecule has 0 amide bonds. The lowest BCUT2D eigenvalue weighted by Gasteiger charge is -2.05. The van der Waals surface area contributed by atoms with E-state index in [0.717, 1.165) is 11.3 Å². The zero-order chi connectivity index (χ0) is 13.8. The molecule has 0 aliphatic carbocycles. The van der Waals surface area contributed by atoms with Crippen LogP contribution in [0.3, 0.4) is 0 Å². The van der Waals surface area contributed by atoms with Crippen LogP contribution in [0.15, 0.2) is 59.8 Å². The van der Waals surface area contributed by atoms with Crippen molar-refractivity contribution >= 4 is 11.8 Å². The van der Waals surface area contributed by atoms with Gasteiger partial charge < -0.3 is 5.11 Å². The SMILES string of the molecule is Oc1ccccc1CSc1nnnn1-c1ccccc1. The number of hydrogen-bond donors (Lipinski definition) is 1. The minimum atomic E-state index is 0.290. The third-order valence-corrected chi connectivity index (χ3v) is 3.76. The van der Waals surface area contributed by atoms with Crippen molar-refractivity contribution in [3.05, 3.63) is 60.2 Å². The van der Waals surface area contributed by atoms with E-state index >= 15 is 0 Å². The summed E-state index contributed by atoms with van der Waals surface area (Å²) in [5.74, 6) is 0.901. The summed E-state index contributed by atoms with van der Waals surface area (Å²) in [6, 6.07) is 17.0. The number of rotatable bonds is 4. The number of para-hydroxylation sites is 2. The second kappa shape index (κ2) is 5.75. The predicted octanol–water partition coefficient (Wildman–Crippen LogP) is 2.66. The van der Waals surface area contributed by atoms with Crippen LogP contribution in [0.5, 0.6) is 5.75 Å². The van der Waals surface area contributed by atoms with Gasteiger partial charge in [-0.3, -0.25) is 0 Å². The van der Waals surface area contributed by atoms with Crippen molar-refractivity contribution in [3.63, 3.8) is 0 Å². The highest BCUT2D eigenvalue weighted by molar-refractivity contribution is 7.98. The molecule has 1 heterocycles. The van der Waals surface area contributed by atoms with Gasteiger partial charge in [0.1, 0.15) is 5.75 Å². The molecular formula is C14H12N4OS. The predicted molar refractivity (Wildman–Crippen MR) is 76.8 cm³/mol. The van der Waals surface area contributed by atoms with E-state index in [9.17, 15) is 5.11 Å². The molecular weight excluding hydrogens is 272 g/mol. The van der Waals surface area contributed by atoms with Crippen LogP contribution in [0.1, 0.15) is 5.56 Å². The highest BCUT2D eigenvalue weighted by Crippen LogP contribution is 2.26. The van der Waals surface area contributed by atoms with E-state index in [1.54, 1.807) is 16.8 Å². The fourth-order valence-corrected chi connectivity index (χ4v) is 2.66. The number of aromatic nitrogens is 4. The van der Waals surface area contributed by atoms with Crippen LogP contribution in [0.4, 0.5) is 0 Å². The van der Waals surface area contributed by atoms with Crippen molar-refractivity contribution in [1.29, 1.82) is 0 Å². The summed E-state index contributed by atoms with van der Waals surface area (Å²) >= 11 is 1.48. The van der Waals surface area contributed by atoms with Crippen LogP contribution in [-0.4, -0.2) is 25.3 Å². The van der Waals surface area contributed by atoms with E-state index in [4.69, 9.17) is 0 Å². The monoisotopic (exact) mass is 284 g/mol. The molecule has 20 heavy (non-hydrogen) atoms. The number of phenols is 1. The lowest BCUT2D eigenvalue weighted by atomic mass is 10.2. The van der Waals surface area contributed by atoms with Crippen LogP contribution in [-0.2, 0) is 5.75 Å². The fraction of sp³-hybridized carbons (Fsp3) is 0.0714. The lowest BCUT2D eigenvalue weighted by Crippen LogP contribution is -1.98. The topological polar surface area (TPSA) is 63.8 Å². The van der Waals surface area contributed by atoms with Gasteiger partial charge in [0, 0.05) is 11.3 Å². The van der Waals surface area contributed by atoms with Crippen LogP contribution in [0.2, 0.25) is 0 Å². The minimum Gasteiger partial charge on any atom is -0.508 e. The average Bonchev–Trinajstić information content (AvgIpc) is 2.96. The molecule has 100 valence electrons. The van der Waals surface area contributed by atoms with E-state index in [2.05, 4.69) is 15.5 Å². The van der Waals surface area contributed by atoms with E-state index in [1.165, 1.54) is 11.8 Å². The van der Waals surface area contributed by atoms with Crippen molar-refractivity contribution in [2.24, 2.45) is 0 Å². The summed E-state index contributed by atoms with van der Waals surface area (Å²) in [6.45, 7) is 0. The highest BCUT2D eigenvalue weighted by Gasteiger charge is 2.09. The molecule has 0 aliphatic heterocycles. The number of hydrogen-bond acceptors (Lipinski definition) is 5. The summed E-state index contributed by atoms with van der Waals surface area (Å²) in [5, 5.41) is 22.2. The molecule has 0 radical (unpaired) electrons. The normalized spacial score (nSPS) is 10.6. The molecule has 1 aromatic heterocycles. The van der Waals surface area contributed by atoms with Gasteiger partial charge in [0.2, 0.25) is 5.16 Å². The molecule has 3 aromatic rings. The molecule has 5 nitrogen and oxygen atoms in total. The summed E-state index contributed by atoms with van der Waals surface area (Å²) < 4.78 is 1.69. The first kappa shape index (κ1) is 12.7. The van der Waals surface area contributed by atoms with Crippen molar-refractivity contribution in [2.75, 3.05) is 0 Å². The fourth-order valence-electron chi connectivity index (χ4n) is 1.78. The maximum Gasteiger partial charge on any atom is 0.214 e. The Morgan fingerprint density at radius 3 is 2.55 bits per heavy atom. The van der Waals surface area contributed by atoms with E-state index in [0.29, 0.717) is 16.7 Å². The van der Waals surface area contributed by atoms with Crippen molar-refractivity contribution in [1.82, 2.24) is 20.2 Å². The third kappa shape index (κ3) is 2.65. The highest BCUT2D eigenvalue weighted by atomic mass is 32.2. The maximum absolute atomic E-state index is 9.75. The smallest absolute Gasteiger partial charge is 0.214 e. The van der Waals surface area contributed by atoms with Gasteiger partial charge in [0.05, 0.1) is 5.69 Å². The van der Waals surface area contributed by atoms with Gasteiger partial charge in [0.15, 0.2) is 0 Å². The summed E-state index contributed by atoms with van der Waals surface area (Å²) in [4.78, 5) is 0. The molecule has 0 aliphatic rings. The number of tetrazole rings is 1. The Hall–Kier alpha value is -2.34. The van der Waals surface area contributed by atoms with Crippen LogP contribution in [0.25, 0.3) is 5.69 Å². The van der Waals surface area contributed by atoms with Gasteiger partial charge in [-0.25, -0.2) is 0 Å². The third-order valence-electron chi connectivity index (χ3n) is 2.79. The molecule has 0 bridgehead atoms. The molecule has 2 aromatic carbocycles. The minimum absolute atomic E-state index is 0.290. The second-order valence-electron chi connectivity index (χ2n) is 4.13. The van der Waals surface area contributed by atoms with Gasteiger partial charge in [-0.15, -0.1) is 5.10 Å². The van der Waals surface area contributed by atoms with Gasteiger partial charge in [-0.2, -0.15) is 4.68 Å². The first-order valence-corrected chi connectivity index (χ1v) is 7.06. The van der Waals surface area contributed by atoms with Crippen LogP contribution >= 0.6 is 11.8 Å². The van der Waals surface area contributed by atoms with Gasteiger partial charge in [-0.1, -0.05) is 48.2 Å². The Kier molecular flexibility index (Phi) is 3.64. The van der Waals surface area contributed by atoms with Crippen molar-refractivity contribution < 1.29 is 5.11 Å². The molecule has 3 rings (SSSR count). The van der Waals surface area contributed by atoms with Crippen molar-refractivity contribution in [2.45, 2.75) is 10.9 Å². The summed E-state index contributed by atoms with van der Waals surface area (Å²) in [5.41, 5.74) is 1.78. The number of nitrogens with zero attached hydrogens (tertiary/aromatic N) is 4. The Balaban J connectivity index is 1.80. The largest absolute Gasteiger partial charge is 0.508 e. The van der Waals surface area contributed by atoms with E-state index in [-0.39, 0.29) is 0 Å². The van der Waals surface area contributed by atoms with E-state index < -0.39 is 0 Å². The average molecular weight is 284 g/mol. The summed E-state index contributed by atoms with van der Waals surface area (Å²) in [7, 11) is 0. The van der Waals surface area contributed by atoms with Crippen molar-refractivity contribution in [3.8, 4) is 11.4 Å². The Morgan fingerprint density at radius 1 is 1.00 bits per heavy atom. The molecule has 0 saturated carbocycles. The molecule has 0 unspecified atom stereocenters. The zero-order valence-corrected chi connectivity index (χ0v) is 11.4. The summed E-state index contributed by atoms with van der Waals surface area (Å²) in [6.07, 6.45) is 0. The second-order valence-corrected chi connectivity index (χ2v) is 5.07. The molecule has 0 fully saturated rings. The number of phenolic OH excluding ortho intramolecular Hbond substituents is 1. The Bertz CT molecular complexity index is 699. The number of aromatic hydroxyl groups is 1. The quantitative estimate of drug-likeness (QED) is 0.746. The molecule has 6 heteroatoms. The number of benzene rings is 2. The van der Waals surface area contributed by atoms with E-state index in [1.807, 2.05) is 42.5 Å². The Labute approximate surface area is 120 Å². The van der Waals surface area contributed by atoms with Gasteiger partial charge in [-0.05, 0) is 28.6 Å². The standard InChI is InChI=1S/C14H12N4OS/c19-13-9-5-4-6-11(13)10-20-14-15-16-17-18(14)12-7-2-1-3-8-12/h1-9,19H,10H2. The van der Waals surface area contributed by atoms with Gasteiger partial charge in [0.25, 0.3) is 0 Å². The van der Waals surface area contributed by atoms with Crippen LogP contribution in [0, 0.1) is 0 Å². The first-order valence-electron chi connectivity index (χ1n) is 6.08. The lowest BCUT2D eigenvalue weighted by molar-refractivity contribution is 0.470. The zero-order valence-electron chi connectivity index (χ0n) is 10.5. The maximum atomic E-state index is 9.75. The molecule has 0 spiro atoms.